The van der Waals surface area contributed by atoms with Gasteiger partial charge in [0, 0.05) is 7.11 Å². The zero-order valence-corrected chi connectivity index (χ0v) is 14.4. The highest BCUT2D eigenvalue weighted by atomic mass is 16.5. The Morgan fingerprint density at radius 1 is 1.10 bits per heavy atom. The van der Waals surface area contributed by atoms with E-state index in [1.54, 1.807) is 0 Å². The molecule has 2 nitrogen and oxygen atoms in total. The monoisotopic (exact) mass is 294 g/mol. The van der Waals surface area contributed by atoms with Crippen LogP contribution in [-0.2, 0) is 4.74 Å². The highest BCUT2D eigenvalue weighted by Gasteiger charge is 2.55. The highest BCUT2D eigenvalue weighted by Crippen LogP contribution is 2.62. The van der Waals surface area contributed by atoms with Crippen LogP contribution in [0.15, 0.2) is 0 Å². The summed E-state index contributed by atoms with van der Waals surface area (Å²) in [4.78, 5) is 0. The molecule has 0 aromatic carbocycles. The summed E-state index contributed by atoms with van der Waals surface area (Å²) < 4.78 is 5.55. The molecule has 1 N–H and O–H groups in total. The van der Waals surface area contributed by atoms with Crippen LogP contribution in [0.5, 0.6) is 0 Å². The molecule has 7 atom stereocenters. The van der Waals surface area contributed by atoms with Crippen molar-refractivity contribution in [1.29, 1.82) is 0 Å². The molecule has 21 heavy (non-hydrogen) atoms. The van der Waals surface area contributed by atoms with Crippen LogP contribution >= 0.6 is 0 Å². The lowest BCUT2D eigenvalue weighted by Gasteiger charge is -2.60. The Morgan fingerprint density at radius 3 is 2.57 bits per heavy atom. The first-order chi connectivity index (χ1) is 9.90. The first kappa shape index (κ1) is 15.8. The molecule has 0 heterocycles. The van der Waals surface area contributed by atoms with Gasteiger partial charge < -0.3 is 9.84 Å². The predicted molar refractivity (Wildman–Crippen MR) is 86.0 cm³/mol. The molecular formula is C19H34O2. The number of hydrogen-bond donors (Lipinski definition) is 1. The van der Waals surface area contributed by atoms with Gasteiger partial charge in [-0.25, -0.2) is 0 Å². The normalized spacial score (nSPS) is 53.9. The molecule has 0 bridgehead atoms. The second-order valence-electron chi connectivity index (χ2n) is 8.89. The first-order valence-corrected chi connectivity index (χ1v) is 9.08. The van der Waals surface area contributed by atoms with E-state index < -0.39 is 0 Å². The van der Waals surface area contributed by atoms with Crippen LogP contribution in [0.3, 0.4) is 0 Å². The molecular weight excluding hydrogens is 260 g/mol. The molecule has 0 amide bonds. The van der Waals surface area contributed by atoms with E-state index in [0.29, 0.717) is 10.8 Å². The van der Waals surface area contributed by atoms with Gasteiger partial charge in [-0.05, 0) is 79.4 Å². The Hall–Kier alpha value is -0.0800. The van der Waals surface area contributed by atoms with E-state index >= 15 is 0 Å². The van der Waals surface area contributed by atoms with Crippen molar-refractivity contribution in [2.45, 2.75) is 71.8 Å². The van der Waals surface area contributed by atoms with Crippen LogP contribution in [0.1, 0.15) is 65.7 Å². The van der Waals surface area contributed by atoms with E-state index in [4.69, 9.17) is 4.74 Å². The first-order valence-electron chi connectivity index (χ1n) is 9.08. The average Bonchev–Trinajstić information content (AvgIpc) is 2.44. The van der Waals surface area contributed by atoms with Crippen LogP contribution in [0.4, 0.5) is 0 Å². The fourth-order valence-corrected chi connectivity index (χ4v) is 6.32. The average molecular weight is 294 g/mol. The summed E-state index contributed by atoms with van der Waals surface area (Å²) in [5.41, 5.74) is 0.859. The third kappa shape index (κ3) is 2.47. The summed E-state index contributed by atoms with van der Waals surface area (Å²) in [6.45, 7) is 8.38. The second kappa shape index (κ2) is 5.53. The molecule has 0 aromatic heterocycles. The fraction of sp³-hybridized carbons (Fsp3) is 1.00. The van der Waals surface area contributed by atoms with Gasteiger partial charge >= 0.3 is 0 Å². The Morgan fingerprint density at radius 2 is 1.86 bits per heavy atom. The molecule has 122 valence electrons. The van der Waals surface area contributed by atoms with Gasteiger partial charge in [0.1, 0.15) is 0 Å². The SMILES string of the molecule is COC[C@@]1(C)CC[C@H]2[C@@H](CC[C@@H]3C[C@H](O)CC[C@@]32C)C1C. The Kier molecular flexibility index (Phi) is 4.16. The van der Waals surface area contributed by atoms with E-state index in [1.165, 1.54) is 32.1 Å². The molecule has 0 aromatic rings. The smallest absolute Gasteiger partial charge is 0.0543 e. The summed E-state index contributed by atoms with van der Waals surface area (Å²) in [7, 11) is 1.85. The number of hydrogen-bond acceptors (Lipinski definition) is 2. The summed E-state index contributed by atoms with van der Waals surface area (Å²) in [6.07, 6.45) is 8.70. The van der Waals surface area contributed by atoms with Crippen LogP contribution in [-0.4, -0.2) is 24.9 Å². The molecule has 3 rings (SSSR count). The van der Waals surface area contributed by atoms with Crippen molar-refractivity contribution in [1.82, 2.24) is 0 Å². The Bertz CT molecular complexity index is 382. The molecule has 3 aliphatic carbocycles. The number of methoxy groups -OCH3 is 1. The van der Waals surface area contributed by atoms with Crippen molar-refractivity contribution in [3.63, 3.8) is 0 Å². The number of aliphatic hydroxyl groups is 1. The van der Waals surface area contributed by atoms with Crippen molar-refractivity contribution in [3.05, 3.63) is 0 Å². The maximum absolute atomic E-state index is 10.0. The molecule has 1 unspecified atom stereocenters. The molecule has 2 heteroatoms. The molecule has 0 radical (unpaired) electrons. The van der Waals surface area contributed by atoms with Crippen molar-refractivity contribution in [3.8, 4) is 0 Å². The van der Waals surface area contributed by atoms with Gasteiger partial charge in [0.2, 0.25) is 0 Å². The molecule has 3 aliphatic rings. The van der Waals surface area contributed by atoms with E-state index in [0.717, 1.165) is 43.1 Å². The van der Waals surface area contributed by atoms with E-state index in [2.05, 4.69) is 20.8 Å². The second-order valence-corrected chi connectivity index (χ2v) is 8.89. The lowest BCUT2D eigenvalue weighted by Crippen LogP contribution is -2.54. The highest BCUT2D eigenvalue weighted by molar-refractivity contribution is 5.05. The van der Waals surface area contributed by atoms with Crippen LogP contribution in [0.2, 0.25) is 0 Å². The van der Waals surface area contributed by atoms with Crippen LogP contribution in [0.25, 0.3) is 0 Å². The summed E-state index contributed by atoms with van der Waals surface area (Å²) in [5, 5.41) is 10.0. The molecule has 0 saturated heterocycles. The van der Waals surface area contributed by atoms with Gasteiger partial charge in [-0.2, -0.15) is 0 Å². The zero-order valence-electron chi connectivity index (χ0n) is 14.4. The zero-order chi connectivity index (χ0) is 15.3. The minimum absolute atomic E-state index is 0.0283. The van der Waals surface area contributed by atoms with Crippen molar-refractivity contribution >= 4 is 0 Å². The number of rotatable bonds is 2. The maximum Gasteiger partial charge on any atom is 0.0543 e. The lowest BCUT2D eigenvalue weighted by atomic mass is 9.45. The molecule has 0 spiro atoms. The number of ether oxygens (including phenoxy) is 1. The topological polar surface area (TPSA) is 29.5 Å². The number of fused-ring (bicyclic) bond motifs is 3. The minimum atomic E-state index is -0.0283. The Labute approximate surface area is 130 Å². The maximum atomic E-state index is 10.0. The summed E-state index contributed by atoms with van der Waals surface area (Å²) in [5.74, 6) is 3.28. The van der Waals surface area contributed by atoms with Crippen molar-refractivity contribution in [2.75, 3.05) is 13.7 Å². The van der Waals surface area contributed by atoms with Crippen molar-refractivity contribution < 1.29 is 9.84 Å². The molecule has 3 fully saturated rings. The minimum Gasteiger partial charge on any atom is -0.393 e. The van der Waals surface area contributed by atoms with Gasteiger partial charge in [0.05, 0.1) is 12.7 Å². The van der Waals surface area contributed by atoms with Crippen LogP contribution < -0.4 is 0 Å². The largest absolute Gasteiger partial charge is 0.393 e. The lowest BCUT2D eigenvalue weighted by molar-refractivity contribution is -0.134. The number of aliphatic hydroxyl groups excluding tert-OH is 1. The third-order valence-corrected chi connectivity index (χ3v) is 7.96. The Balaban J connectivity index is 1.81. The third-order valence-electron chi connectivity index (χ3n) is 7.96. The fourth-order valence-electron chi connectivity index (χ4n) is 6.32. The predicted octanol–water partition coefficient (Wildman–Crippen LogP) is 4.26. The van der Waals surface area contributed by atoms with E-state index in [-0.39, 0.29) is 6.10 Å². The van der Waals surface area contributed by atoms with Gasteiger partial charge in [-0.15, -0.1) is 0 Å². The van der Waals surface area contributed by atoms with E-state index in [9.17, 15) is 5.11 Å². The summed E-state index contributed by atoms with van der Waals surface area (Å²) >= 11 is 0. The standard InChI is InChI=1S/C19H34O2/c1-13-16-6-5-14-11-15(20)7-10-19(14,3)17(16)8-9-18(13,2)12-21-4/h13-17,20H,5-12H2,1-4H3/t13?,14-,15-,16+,17+,18-,19+/m1/s1. The van der Waals surface area contributed by atoms with E-state index in [1.807, 2.05) is 7.11 Å². The summed E-state index contributed by atoms with van der Waals surface area (Å²) in [6, 6.07) is 0. The van der Waals surface area contributed by atoms with Gasteiger partial charge in [-0.1, -0.05) is 20.8 Å². The molecule has 0 aliphatic heterocycles. The van der Waals surface area contributed by atoms with Gasteiger partial charge in [-0.3, -0.25) is 0 Å². The quantitative estimate of drug-likeness (QED) is 0.824. The van der Waals surface area contributed by atoms with Gasteiger partial charge in [0.25, 0.3) is 0 Å². The molecule has 3 saturated carbocycles. The van der Waals surface area contributed by atoms with Crippen LogP contribution in [0, 0.1) is 34.5 Å². The van der Waals surface area contributed by atoms with Gasteiger partial charge in [0.15, 0.2) is 0 Å². The van der Waals surface area contributed by atoms with Crippen molar-refractivity contribution in [2.24, 2.45) is 34.5 Å².